The molecule has 1 aliphatic rings. The zero-order valence-corrected chi connectivity index (χ0v) is 24.5. The van der Waals surface area contributed by atoms with Gasteiger partial charge in [-0.3, -0.25) is 14.6 Å². The number of anilines is 2. The third kappa shape index (κ3) is 7.97. The van der Waals surface area contributed by atoms with Crippen LogP contribution in [0.15, 0.2) is 72.8 Å². The summed E-state index contributed by atoms with van der Waals surface area (Å²) in [6.45, 7) is -0.456. The van der Waals surface area contributed by atoms with Gasteiger partial charge >= 0.3 is 18.2 Å². The Labute approximate surface area is 257 Å². The van der Waals surface area contributed by atoms with Gasteiger partial charge in [0.15, 0.2) is 6.10 Å². The van der Waals surface area contributed by atoms with Crippen molar-refractivity contribution in [1.82, 2.24) is 5.32 Å². The molecule has 0 fully saturated rings. The first-order valence-electron chi connectivity index (χ1n) is 13.8. The molecule has 1 aliphatic carbocycles. The maximum atomic E-state index is 13.9. The van der Waals surface area contributed by atoms with Crippen molar-refractivity contribution in [3.63, 3.8) is 0 Å². The molecular formula is C32H31ClF3N3O5. The first-order valence-corrected chi connectivity index (χ1v) is 14.2. The number of benzene rings is 3. The van der Waals surface area contributed by atoms with Crippen LogP contribution in [-0.2, 0) is 17.5 Å². The quantitative estimate of drug-likeness (QED) is 0.242. The number of alkyl halides is 3. The summed E-state index contributed by atoms with van der Waals surface area (Å²) >= 11 is 5.79. The van der Waals surface area contributed by atoms with E-state index in [4.69, 9.17) is 16.7 Å². The lowest BCUT2D eigenvalue weighted by Crippen LogP contribution is -2.41. The van der Waals surface area contributed by atoms with Crippen LogP contribution in [0, 0.1) is 0 Å². The molecule has 0 radical (unpaired) electrons. The largest absolute Gasteiger partial charge is 0.479 e. The third-order valence-corrected chi connectivity index (χ3v) is 7.63. The standard InChI is InChI=1S/C32H31ClF3N3O5/c1-38(25-15-16-27(33)26(17-25)32(34,35)36)31(44)39(24-13-11-22(12-14-24)21-5-3-2-4-6-21)19-20-7-9-23(10-8-20)29(41)37-18-28(40)30(42)43/h5,7-17,28,40H,2-4,6,18-19H2,1H3,(H,37,41)(H,42,43)/t28-/m1/s1. The van der Waals surface area contributed by atoms with Crippen molar-refractivity contribution in [1.29, 1.82) is 0 Å². The Hall–Kier alpha value is -4.35. The van der Waals surface area contributed by atoms with Crippen LogP contribution in [0.3, 0.4) is 0 Å². The van der Waals surface area contributed by atoms with E-state index in [2.05, 4.69) is 11.4 Å². The minimum atomic E-state index is -4.71. The predicted molar refractivity (Wildman–Crippen MR) is 162 cm³/mol. The first kappa shape index (κ1) is 32.6. The number of nitrogens with one attached hydrogen (secondary N) is 1. The normalized spacial score (nSPS) is 13.9. The molecule has 3 aromatic rings. The van der Waals surface area contributed by atoms with Gasteiger partial charge in [0.2, 0.25) is 0 Å². The zero-order chi connectivity index (χ0) is 32.0. The van der Waals surface area contributed by atoms with Gasteiger partial charge in [0.05, 0.1) is 23.7 Å². The number of rotatable bonds is 9. The molecule has 0 saturated carbocycles. The fraction of sp³-hybridized carbons (Fsp3) is 0.281. The van der Waals surface area contributed by atoms with Crippen LogP contribution in [0.5, 0.6) is 0 Å². The Balaban J connectivity index is 1.61. The van der Waals surface area contributed by atoms with E-state index in [9.17, 15) is 32.7 Å². The summed E-state index contributed by atoms with van der Waals surface area (Å²) in [7, 11) is 1.37. The monoisotopic (exact) mass is 629 g/mol. The molecule has 3 aromatic carbocycles. The predicted octanol–water partition coefficient (Wildman–Crippen LogP) is 6.75. The molecule has 12 heteroatoms. The molecule has 0 spiro atoms. The average molecular weight is 630 g/mol. The van der Waals surface area contributed by atoms with Gasteiger partial charge in [-0.05, 0) is 84.8 Å². The molecule has 0 aromatic heterocycles. The van der Waals surface area contributed by atoms with Gasteiger partial charge in [0, 0.05) is 24.0 Å². The summed E-state index contributed by atoms with van der Waals surface area (Å²) < 4.78 is 40.6. The van der Waals surface area contributed by atoms with E-state index in [0.29, 0.717) is 11.3 Å². The Bertz CT molecular complexity index is 1540. The van der Waals surface area contributed by atoms with E-state index in [0.717, 1.165) is 48.3 Å². The van der Waals surface area contributed by atoms with Crippen molar-refractivity contribution >= 4 is 46.5 Å². The Kier molecular flexibility index (Phi) is 10.3. The number of aliphatic hydroxyl groups is 1. The van der Waals surface area contributed by atoms with Gasteiger partial charge in [-0.1, -0.05) is 41.9 Å². The number of allylic oxidation sites excluding steroid dienone is 2. The highest BCUT2D eigenvalue weighted by Gasteiger charge is 2.34. The number of aliphatic carboxylic acids is 1. The third-order valence-electron chi connectivity index (χ3n) is 7.30. The molecule has 0 saturated heterocycles. The van der Waals surface area contributed by atoms with Crippen molar-refractivity contribution in [3.05, 3.63) is 100 Å². The van der Waals surface area contributed by atoms with E-state index in [1.54, 1.807) is 24.3 Å². The minimum absolute atomic E-state index is 0.00345. The lowest BCUT2D eigenvalue weighted by molar-refractivity contribution is -0.146. The number of aliphatic hydroxyl groups excluding tert-OH is 1. The summed E-state index contributed by atoms with van der Waals surface area (Å²) in [5.74, 6) is -2.06. The van der Waals surface area contributed by atoms with Crippen LogP contribution in [0.1, 0.15) is 52.7 Å². The van der Waals surface area contributed by atoms with E-state index >= 15 is 0 Å². The smallest absolute Gasteiger partial charge is 0.417 e. The molecule has 232 valence electrons. The fourth-order valence-electron chi connectivity index (χ4n) is 4.78. The van der Waals surface area contributed by atoms with Gasteiger partial charge in [-0.2, -0.15) is 13.2 Å². The maximum Gasteiger partial charge on any atom is 0.417 e. The minimum Gasteiger partial charge on any atom is -0.479 e. The number of hydrogen-bond acceptors (Lipinski definition) is 4. The molecule has 8 nitrogen and oxygen atoms in total. The fourth-order valence-corrected chi connectivity index (χ4v) is 5.00. The summed E-state index contributed by atoms with van der Waals surface area (Å²) in [4.78, 5) is 39.5. The Morgan fingerprint density at radius 2 is 1.64 bits per heavy atom. The molecule has 44 heavy (non-hydrogen) atoms. The lowest BCUT2D eigenvalue weighted by Gasteiger charge is -2.29. The van der Waals surface area contributed by atoms with Gasteiger partial charge in [0.1, 0.15) is 0 Å². The number of hydrogen-bond donors (Lipinski definition) is 3. The zero-order valence-electron chi connectivity index (χ0n) is 23.8. The van der Waals surface area contributed by atoms with E-state index in [1.165, 1.54) is 35.7 Å². The van der Waals surface area contributed by atoms with E-state index < -0.39 is 47.3 Å². The van der Waals surface area contributed by atoms with Crippen molar-refractivity contribution in [2.24, 2.45) is 0 Å². The van der Waals surface area contributed by atoms with Gasteiger partial charge in [-0.15, -0.1) is 0 Å². The van der Waals surface area contributed by atoms with Gasteiger partial charge in [-0.25, -0.2) is 9.59 Å². The summed E-state index contributed by atoms with van der Waals surface area (Å²) in [5.41, 5.74) is 2.52. The average Bonchev–Trinajstić information content (AvgIpc) is 3.02. The van der Waals surface area contributed by atoms with Crippen LogP contribution in [0.2, 0.25) is 5.02 Å². The van der Waals surface area contributed by atoms with Crippen molar-refractivity contribution in [3.8, 4) is 0 Å². The summed E-state index contributed by atoms with van der Waals surface area (Å²) in [6.07, 6.45) is -0.0587. The Morgan fingerprint density at radius 1 is 0.977 bits per heavy atom. The second kappa shape index (κ2) is 14.0. The molecule has 0 heterocycles. The number of amides is 3. The number of carbonyl (C=O) groups is 3. The molecule has 1 atom stereocenters. The van der Waals surface area contributed by atoms with Crippen LogP contribution >= 0.6 is 11.6 Å². The molecule has 3 amide bonds. The van der Waals surface area contributed by atoms with Crippen LogP contribution in [-0.4, -0.2) is 47.8 Å². The van der Waals surface area contributed by atoms with E-state index in [1.807, 2.05) is 12.1 Å². The molecule has 0 aliphatic heterocycles. The molecule has 4 rings (SSSR count). The molecule has 3 N–H and O–H groups in total. The van der Waals surface area contributed by atoms with Crippen LogP contribution < -0.4 is 15.1 Å². The number of carboxylic acids is 1. The van der Waals surface area contributed by atoms with Crippen molar-refractivity contribution in [2.45, 2.75) is 44.5 Å². The number of carbonyl (C=O) groups excluding carboxylic acids is 2. The number of nitrogens with zero attached hydrogens (tertiary/aromatic N) is 2. The molecule has 0 bridgehead atoms. The molecular weight excluding hydrogens is 599 g/mol. The second-order valence-electron chi connectivity index (χ2n) is 10.4. The maximum absolute atomic E-state index is 13.9. The number of urea groups is 1. The number of halogens is 4. The van der Waals surface area contributed by atoms with Crippen molar-refractivity contribution < 1.29 is 37.8 Å². The van der Waals surface area contributed by atoms with E-state index in [-0.39, 0.29) is 17.8 Å². The highest BCUT2D eigenvalue weighted by atomic mass is 35.5. The SMILES string of the molecule is CN(C(=O)N(Cc1ccc(C(=O)NC[C@@H](O)C(=O)O)cc1)c1ccc(C2=CCCCC2)cc1)c1ccc(Cl)c(C(F)(F)F)c1. The highest BCUT2D eigenvalue weighted by Crippen LogP contribution is 2.37. The molecule has 0 unspecified atom stereocenters. The van der Waals surface area contributed by atoms with Gasteiger partial charge < -0.3 is 15.5 Å². The number of carboxylic acid groups (broad SMARTS) is 1. The van der Waals surface area contributed by atoms with Crippen LogP contribution in [0.4, 0.5) is 29.3 Å². The highest BCUT2D eigenvalue weighted by molar-refractivity contribution is 6.31. The summed E-state index contributed by atoms with van der Waals surface area (Å²) in [6, 6.07) is 16.2. The second-order valence-corrected chi connectivity index (χ2v) is 10.8. The Morgan fingerprint density at radius 3 is 2.23 bits per heavy atom. The van der Waals surface area contributed by atoms with Crippen LogP contribution in [0.25, 0.3) is 5.57 Å². The van der Waals surface area contributed by atoms with Crippen molar-refractivity contribution in [2.75, 3.05) is 23.4 Å². The summed E-state index contributed by atoms with van der Waals surface area (Å²) in [5, 5.41) is 20.0. The van der Waals surface area contributed by atoms with Gasteiger partial charge in [0.25, 0.3) is 5.91 Å². The lowest BCUT2D eigenvalue weighted by atomic mass is 9.93. The topological polar surface area (TPSA) is 110 Å². The first-order chi connectivity index (χ1) is 20.8.